The molecule has 0 aliphatic carbocycles. The summed E-state index contributed by atoms with van der Waals surface area (Å²) in [5, 5.41) is 0. The highest BCUT2D eigenvalue weighted by molar-refractivity contribution is 5.85. The van der Waals surface area contributed by atoms with Crippen LogP contribution in [0, 0.1) is 0 Å². The zero-order valence-corrected chi connectivity index (χ0v) is 7.02. The molecule has 1 rings (SSSR count). The molecule has 3 nitrogen and oxygen atoms in total. The van der Waals surface area contributed by atoms with Gasteiger partial charge in [-0.2, -0.15) is 0 Å². The first-order valence-electron chi connectivity index (χ1n) is 2.95. The van der Waals surface area contributed by atoms with Gasteiger partial charge >= 0.3 is 6.36 Å². The lowest BCUT2D eigenvalue weighted by atomic mass is 10.4. The largest absolute Gasteiger partial charge is 0.573 e. The van der Waals surface area contributed by atoms with Crippen molar-refractivity contribution in [1.82, 2.24) is 4.98 Å². The van der Waals surface area contributed by atoms with E-state index in [9.17, 15) is 13.2 Å². The van der Waals surface area contributed by atoms with Gasteiger partial charge in [0.2, 0.25) is 0 Å². The average Bonchev–Trinajstić information content (AvgIpc) is 1.91. The van der Waals surface area contributed by atoms with E-state index in [1.54, 1.807) is 0 Å². The maximum Gasteiger partial charge on any atom is 0.573 e. The van der Waals surface area contributed by atoms with Gasteiger partial charge in [0.1, 0.15) is 11.6 Å². The van der Waals surface area contributed by atoms with Crippen LogP contribution in [0.2, 0.25) is 0 Å². The number of alkyl halides is 3. The molecule has 0 spiro atoms. The van der Waals surface area contributed by atoms with E-state index in [0.717, 1.165) is 12.3 Å². The molecule has 0 unspecified atom stereocenters. The Hall–Kier alpha value is -1.17. The van der Waals surface area contributed by atoms with Crippen LogP contribution >= 0.6 is 12.4 Å². The van der Waals surface area contributed by atoms with Crippen LogP contribution < -0.4 is 10.5 Å². The molecule has 2 N–H and O–H groups in total. The van der Waals surface area contributed by atoms with Crippen LogP contribution in [0.1, 0.15) is 0 Å². The fourth-order valence-electron chi connectivity index (χ4n) is 0.586. The predicted octanol–water partition coefficient (Wildman–Crippen LogP) is 1.98. The normalized spacial score (nSPS) is 10.4. The summed E-state index contributed by atoms with van der Waals surface area (Å²) in [6, 6.07) is 2.32. The molecule has 1 aromatic rings. The molecular formula is C6H6ClF3N2O. The van der Waals surface area contributed by atoms with E-state index in [0.29, 0.717) is 0 Å². The minimum Gasteiger partial charge on any atom is -0.404 e. The van der Waals surface area contributed by atoms with E-state index in [2.05, 4.69) is 9.72 Å². The smallest absolute Gasteiger partial charge is 0.404 e. The molecule has 7 heteroatoms. The van der Waals surface area contributed by atoms with Gasteiger partial charge in [0.25, 0.3) is 0 Å². The summed E-state index contributed by atoms with van der Waals surface area (Å²) in [7, 11) is 0. The van der Waals surface area contributed by atoms with Gasteiger partial charge in [0.05, 0.1) is 6.20 Å². The molecule has 0 fully saturated rings. The van der Waals surface area contributed by atoms with Gasteiger partial charge in [-0.3, -0.25) is 0 Å². The summed E-state index contributed by atoms with van der Waals surface area (Å²) in [4.78, 5) is 3.42. The van der Waals surface area contributed by atoms with Crippen molar-refractivity contribution < 1.29 is 17.9 Å². The summed E-state index contributed by atoms with van der Waals surface area (Å²) in [6.07, 6.45) is -3.78. The zero-order valence-electron chi connectivity index (χ0n) is 6.21. The van der Waals surface area contributed by atoms with Gasteiger partial charge in [-0.25, -0.2) is 4.98 Å². The van der Waals surface area contributed by atoms with Crippen molar-refractivity contribution in [2.45, 2.75) is 6.36 Å². The maximum atomic E-state index is 11.6. The Morgan fingerprint density at radius 1 is 1.31 bits per heavy atom. The molecule has 0 atom stereocenters. The Labute approximate surface area is 78.1 Å². The van der Waals surface area contributed by atoms with Crippen molar-refractivity contribution in [2.75, 3.05) is 5.73 Å². The zero-order chi connectivity index (χ0) is 9.19. The van der Waals surface area contributed by atoms with E-state index in [4.69, 9.17) is 5.73 Å². The second-order valence-corrected chi connectivity index (χ2v) is 1.97. The van der Waals surface area contributed by atoms with Crippen molar-refractivity contribution in [1.29, 1.82) is 0 Å². The standard InChI is InChI=1S/C6H5F3N2O.ClH/c7-6(8,9)12-4-1-2-5(10)11-3-4;/h1-3H,(H2,10,11);1H. The molecule has 0 aromatic carbocycles. The van der Waals surface area contributed by atoms with Gasteiger partial charge < -0.3 is 10.5 Å². The minimum absolute atomic E-state index is 0. The SMILES string of the molecule is Cl.Nc1ccc(OC(F)(F)F)cn1. The second kappa shape index (κ2) is 4.18. The monoisotopic (exact) mass is 214 g/mol. The lowest BCUT2D eigenvalue weighted by molar-refractivity contribution is -0.274. The second-order valence-electron chi connectivity index (χ2n) is 1.97. The van der Waals surface area contributed by atoms with Crippen LogP contribution in [-0.2, 0) is 0 Å². The fraction of sp³-hybridized carbons (Fsp3) is 0.167. The molecular weight excluding hydrogens is 209 g/mol. The molecule has 0 bridgehead atoms. The molecule has 0 saturated heterocycles. The first-order valence-corrected chi connectivity index (χ1v) is 2.95. The summed E-state index contributed by atoms with van der Waals surface area (Å²) < 4.78 is 38.2. The summed E-state index contributed by atoms with van der Waals surface area (Å²) >= 11 is 0. The molecule has 0 amide bonds. The molecule has 74 valence electrons. The highest BCUT2D eigenvalue weighted by Crippen LogP contribution is 2.21. The number of halogens is 4. The topological polar surface area (TPSA) is 48.1 Å². The van der Waals surface area contributed by atoms with Crippen LogP contribution in [0.15, 0.2) is 18.3 Å². The van der Waals surface area contributed by atoms with Gasteiger partial charge in [0, 0.05) is 0 Å². The van der Waals surface area contributed by atoms with Gasteiger partial charge in [-0.05, 0) is 12.1 Å². The number of aromatic nitrogens is 1. The third-order valence-electron chi connectivity index (χ3n) is 0.993. The van der Waals surface area contributed by atoms with Crippen LogP contribution in [-0.4, -0.2) is 11.3 Å². The number of pyridine rings is 1. The van der Waals surface area contributed by atoms with E-state index in [1.807, 2.05) is 0 Å². The number of hydrogen-bond acceptors (Lipinski definition) is 3. The van der Waals surface area contributed by atoms with Crippen LogP contribution in [0.5, 0.6) is 5.75 Å². The lowest BCUT2D eigenvalue weighted by Crippen LogP contribution is -2.17. The van der Waals surface area contributed by atoms with Crippen molar-refractivity contribution in [3.63, 3.8) is 0 Å². The van der Waals surface area contributed by atoms with E-state index in [1.165, 1.54) is 6.07 Å². The molecule has 1 heterocycles. The molecule has 0 radical (unpaired) electrons. The molecule has 0 aliphatic heterocycles. The third kappa shape index (κ3) is 4.41. The summed E-state index contributed by atoms with van der Waals surface area (Å²) in [5.74, 6) is -0.235. The van der Waals surface area contributed by atoms with Crippen molar-refractivity contribution in [3.05, 3.63) is 18.3 Å². The number of nitrogens with zero attached hydrogens (tertiary/aromatic N) is 1. The van der Waals surface area contributed by atoms with Crippen molar-refractivity contribution in [2.24, 2.45) is 0 Å². The highest BCUT2D eigenvalue weighted by Gasteiger charge is 2.31. The van der Waals surface area contributed by atoms with Crippen molar-refractivity contribution >= 4 is 18.2 Å². The average molecular weight is 215 g/mol. The van der Waals surface area contributed by atoms with Crippen molar-refractivity contribution in [3.8, 4) is 5.75 Å². The molecule has 0 saturated carbocycles. The molecule has 1 aromatic heterocycles. The number of nitrogens with two attached hydrogens (primary N) is 1. The van der Waals surface area contributed by atoms with Gasteiger partial charge in [-0.1, -0.05) is 0 Å². The first kappa shape index (κ1) is 11.8. The van der Waals surface area contributed by atoms with Crippen LogP contribution in [0.3, 0.4) is 0 Å². The lowest BCUT2D eigenvalue weighted by Gasteiger charge is -2.07. The Kier molecular flexibility index (Phi) is 3.80. The quantitative estimate of drug-likeness (QED) is 0.778. The van der Waals surface area contributed by atoms with Crippen LogP contribution in [0.25, 0.3) is 0 Å². The summed E-state index contributed by atoms with van der Waals surface area (Å²) in [6.45, 7) is 0. The number of nitrogen functional groups attached to an aromatic ring is 1. The number of rotatable bonds is 1. The highest BCUT2D eigenvalue weighted by atomic mass is 35.5. The fourth-order valence-corrected chi connectivity index (χ4v) is 0.586. The molecule has 0 aliphatic rings. The van der Waals surface area contributed by atoms with Gasteiger partial charge in [0.15, 0.2) is 0 Å². The maximum absolute atomic E-state index is 11.6. The van der Waals surface area contributed by atoms with E-state index >= 15 is 0 Å². The Balaban J connectivity index is 0.00000144. The Morgan fingerprint density at radius 3 is 2.31 bits per heavy atom. The van der Waals surface area contributed by atoms with E-state index < -0.39 is 6.36 Å². The summed E-state index contributed by atoms with van der Waals surface area (Å²) in [5.41, 5.74) is 5.14. The van der Waals surface area contributed by atoms with Crippen LogP contribution in [0.4, 0.5) is 19.0 Å². The van der Waals surface area contributed by atoms with Gasteiger partial charge in [-0.15, -0.1) is 25.6 Å². The third-order valence-corrected chi connectivity index (χ3v) is 0.993. The number of hydrogen-bond donors (Lipinski definition) is 1. The van der Waals surface area contributed by atoms with E-state index in [-0.39, 0.29) is 24.0 Å². The molecule has 13 heavy (non-hydrogen) atoms. The Bertz CT molecular complexity index is 262. The Morgan fingerprint density at radius 2 is 1.92 bits per heavy atom. The number of ether oxygens (including phenoxy) is 1. The first-order chi connectivity index (χ1) is 5.47. The minimum atomic E-state index is -4.68. The predicted molar refractivity (Wildman–Crippen MR) is 42.6 cm³/mol. The number of anilines is 1.